The van der Waals surface area contributed by atoms with E-state index in [-0.39, 0.29) is 13.0 Å². The van der Waals surface area contributed by atoms with Crippen LogP contribution in [-0.2, 0) is 9.53 Å². The first-order valence-corrected chi connectivity index (χ1v) is 10.1. The first-order chi connectivity index (χ1) is 14.1. The number of benzene rings is 1. The molecule has 0 aromatic heterocycles. The summed E-state index contributed by atoms with van der Waals surface area (Å²) in [4.78, 5) is 29.9. The van der Waals surface area contributed by atoms with Crippen molar-refractivity contribution in [1.29, 1.82) is 0 Å². The lowest BCUT2D eigenvalue weighted by Crippen LogP contribution is -2.44. The number of hydrogen-bond acceptors (Lipinski definition) is 5. The van der Waals surface area contributed by atoms with E-state index in [1.54, 1.807) is 11.0 Å². The molecule has 2 heterocycles. The highest BCUT2D eigenvalue weighted by molar-refractivity contribution is 6.68. The van der Waals surface area contributed by atoms with Crippen molar-refractivity contribution in [3.63, 3.8) is 0 Å². The zero-order valence-electron chi connectivity index (χ0n) is 17.1. The van der Waals surface area contributed by atoms with Gasteiger partial charge in [0.15, 0.2) is 0 Å². The number of amides is 1. The lowest BCUT2D eigenvalue weighted by molar-refractivity contribution is -0.110. The smallest absolute Gasteiger partial charge is 0.381 e. The van der Waals surface area contributed by atoms with E-state index in [0.717, 1.165) is 51.1 Å². The van der Waals surface area contributed by atoms with E-state index in [2.05, 4.69) is 16.8 Å². The number of alkyl halides is 3. The van der Waals surface area contributed by atoms with Crippen molar-refractivity contribution < 1.29 is 27.5 Å². The van der Waals surface area contributed by atoms with Gasteiger partial charge in [-0.1, -0.05) is 0 Å². The van der Waals surface area contributed by atoms with Crippen LogP contribution in [0.1, 0.15) is 30.1 Å². The number of piperazine rings is 1. The zero-order chi connectivity index (χ0) is 22.3. The third-order valence-corrected chi connectivity index (χ3v) is 5.24. The molecule has 0 spiro atoms. The molecule has 1 aromatic rings. The minimum atomic E-state index is -4.00. The molecule has 0 unspecified atom stereocenters. The van der Waals surface area contributed by atoms with Gasteiger partial charge in [-0.05, 0) is 49.7 Å². The SMILES string of the molecule is CC(F)(F)F.CN1CCN(c2ccc(C(=O)Cl)c(N(C=O)C3CCOCC3)c2)CC1. The lowest BCUT2D eigenvalue weighted by Gasteiger charge is -2.36. The van der Waals surface area contributed by atoms with Crippen molar-refractivity contribution in [3.05, 3.63) is 23.8 Å². The lowest BCUT2D eigenvalue weighted by atomic mass is 10.0. The van der Waals surface area contributed by atoms with Crippen LogP contribution < -0.4 is 9.80 Å². The number of anilines is 2. The summed E-state index contributed by atoms with van der Waals surface area (Å²) in [6, 6.07) is 5.60. The number of likely N-dealkylation sites (N-methyl/N-ethyl adjacent to an activating group) is 1. The Hall–Kier alpha value is -1.84. The number of halogens is 4. The molecule has 1 aromatic carbocycles. The van der Waals surface area contributed by atoms with Gasteiger partial charge in [-0.3, -0.25) is 9.59 Å². The molecule has 30 heavy (non-hydrogen) atoms. The second kappa shape index (κ2) is 11.0. The zero-order valence-corrected chi connectivity index (χ0v) is 17.9. The molecular formula is C20H27ClF3N3O3. The van der Waals surface area contributed by atoms with E-state index in [1.807, 2.05) is 12.1 Å². The topological polar surface area (TPSA) is 53.1 Å². The van der Waals surface area contributed by atoms with Gasteiger partial charge in [0, 0.05) is 58.0 Å². The molecule has 1 amide bonds. The van der Waals surface area contributed by atoms with E-state index in [4.69, 9.17) is 16.3 Å². The first kappa shape index (κ1) is 24.4. The van der Waals surface area contributed by atoms with E-state index in [1.165, 1.54) is 0 Å². The average Bonchev–Trinajstić information content (AvgIpc) is 2.68. The van der Waals surface area contributed by atoms with Crippen LogP contribution in [0.3, 0.4) is 0 Å². The van der Waals surface area contributed by atoms with E-state index >= 15 is 0 Å². The normalized spacial score (nSPS) is 18.4. The molecule has 2 saturated heterocycles. The third kappa shape index (κ3) is 7.45. The quantitative estimate of drug-likeness (QED) is 0.508. The molecule has 6 nitrogen and oxygen atoms in total. The van der Waals surface area contributed by atoms with Crippen molar-refractivity contribution in [2.45, 2.75) is 32.0 Å². The maximum atomic E-state index is 11.9. The highest BCUT2D eigenvalue weighted by atomic mass is 35.5. The largest absolute Gasteiger partial charge is 0.386 e. The summed E-state index contributed by atoms with van der Waals surface area (Å²) >= 11 is 5.78. The summed E-state index contributed by atoms with van der Waals surface area (Å²) in [5.74, 6) is 0. The highest BCUT2D eigenvalue weighted by Crippen LogP contribution is 2.31. The number of ether oxygens (including phenoxy) is 1. The highest BCUT2D eigenvalue weighted by Gasteiger charge is 2.26. The second-order valence-corrected chi connectivity index (χ2v) is 7.75. The van der Waals surface area contributed by atoms with Gasteiger partial charge >= 0.3 is 6.18 Å². The Labute approximate surface area is 179 Å². The number of hydrogen-bond donors (Lipinski definition) is 0. The minimum Gasteiger partial charge on any atom is -0.381 e. The van der Waals surface area contributed by atoms with Crippen LogP contribution in [0.5, 0.6) is 0 Å². The fourth-order valence-electron chi connectivity index (χ4n) is 3.46. The molecule has 0 radical (unpaired) electrons. The molecule has 2 aliphatic rings. The average molecular weight is 450 g/mol. The van der Waals surface area contributed by atoms with Crippen molar-refractivity contribution >= 4 is 34.6 Å². The van der Waals surface area contributed by atoms with E-state index in [0.29, 0.717) is 24.5 Å². The molecule has 0 N–H and O–H groups in total. The standard InChI is InChI=1S/C18H24ClN3O3.C2H3F3/c1-20-6-8-21(9-7-20)15-2-3-16(18(19)24)17(12-15)22(13-23)14-4-10-25-11-5-14;1-2(3,4)5/h2-3,12-14H,4-11H2,1H3;1H3. The van der Waals surface area contributed by atoms with Gasteiger partial charge in [-0.15, -0.1) is 0 Å². The fraction of sp³-hybridized carbons (Fsp3) is 0.600. The predicted octanol–water partition coefficient (Wildman–Crippen LogP) is 3.53. The molecule has 10 heteroatoms. The molecule has 0 saturated carbocycles. The van der Waals surface area contributed by atoms with Crippen LogP contribution in [0.25, 0.3) is 0 Å². The maximum absolute atomic E-state index is 11.9. The molecular weight excluding hydrogens is 423 g/mol. The van der Waals surface area contributed by atoms with Gasteiger partial charge in [-0.2, -0.15) is 13.2 Å². The van der Waals surface area contributed by atoms with Gasteiger partial charge in [0.2, 0.25) is 6.41 Å². The Morgan fingerprint density at radius 2 is 1.77 bits per heavy atom. The summed E-state index contributed by atoms with van der Waals surface area (Å²) in [5.41, 5.74) is 1.99. The summed E-state index contributed by atoms with van der Waals surface area (Å²) in [7, 11) is 2.11. The number of carbonyl (C=O) groups is 2. The van der Waals surface area contributed by atoms with E-state index < -0.39 is 11.4 Å². The molecule has 2 aliphatic heterocycles. The molecule has 0 aliphatic carbocycles. The molecule has 3 rings (SSSR count). The predicted molar refractivity (Wildman–Crippen MR) is 110 cm³/mol. The van der Waals surface area contributed by atoms with Gasteiger partial charge in [0.1, 0.15) is 0 Å². The van der Waals surface area contributed by atoms with Crippen LogP contribution in [0.4, 0.5) is 24.5 Å². The summed E-state index contributed by atoms with van der Waals surface area (Å²) in [6.45, 7) is 5.25. The Morgan fingerprint density at radius 1 is 1.20 bits per heavy atom. The summed E-state index contributed by atoms with van der Waals surface area (Å²) in [6.07, 6.45) is -1.68. The van der Waals surface area contributed by atoms with Crippen molar-refractivity contribution in [2.75, 3.05) is 56.2 Å². The van der Waals surface area contributed by atoms with Crippen molar-refractivity contribution in [1.82, 2.24) is 4.90 Å². The maximum Gasteiger partial charge on any atom is 0.386 e. The Bertz CT molecular complexity index is 713. The fourth-order valence-corrected chi connectivity index (χ4v) is 3.62. The minimum absolute atomic E-state index is 0.0313. The first-order valence-electron chi connectivity index (χ1n) is 9.75. The Morgan fingerprint density at radius 3 is 2.27 bits per heavy atom. The second-order valence-electron chi connectivity index (χ2n) is 7.40. The Kier molecular flexibility index (Phi) is 8.93. The van der Waals surface area contributed by atoms with Gasteiger partial charge in [0.25, 0.3) is 5.24 Å². The summed E-state index contributed by atoms with van der Waals surface area (Å²) < 4.78 is 36.5. The van der Waals surface area contributed by atoms with Crippen LogP contribution >= 0.6 is 11.6 Å². The number of nitrogens with zero attached hydrogens (tertiary/aromatic N) is 3. The third-order valence-electron chi connectivity index (χ3n) is 5.04. The monoisotopic (exact) mass is 449 g/mol. The van der Waals surface area contributed by atoms with Gasteiger partial charge < -0.3 is 19.4 Å². The van der Waals surface area contributed by atoms with Crippen LogP contribution in [0.15, 0.2) is 18.2 Å². The van der Waals surface area contributed by atoms with Crippen molar-refractivity contribution in [2.24, 2.45) is 0 Å². The molecule has 0 atom stereocenters. The van der Waals surface area contributed by atoms with Crippen LogP contribution in [-0.4, -0.2) is 75.2 Å². The van der Waals surface area contributed by atoms with Gasteiger partial charge in [0.05, 0.1) is 11.3 Å². The summed E-state index contributed by atoms with van der Waals surface area (Å²) in [5, 5.41) is -0.543. The van der Waals surface area contributed by atoms with Crippen LogP contribution in [0.2, 0.25) is 0 Å². The molecule has 0 bridgehead atoms. The van der Waals surface area contributed by atoms with Gasteiger partial charge in [-0.25, -0.2) is 0 Å². The van der Waals surface area contributed by atoms with E-state index in [9.17, 15) is 22.8 Å². The molecule has 2 fully saturated rings. The number of rotatable bonds is 5. The van der Waals surface area contributed by atoms with Crippen molar-refractivity contribution in [3.8, 4) is 0 Å². The Balaban J connectivity index is 0.000000575. The van der Waals surface area contributed by atoms with Crippen LogP contribution in [0, 0.1) is 0 Å². The molecule has 168 valence electrons. The number of carbonyl (C=O) groups excluding carboxylic acids is 2.